The van der Waals surface area contributed by atoms with Gasteiger partial charge >= 0.3 is 6.18 Å². The first kappa shape index (κ1) is 23.8. The number of hydrogen-bond donors (Lipinski definition) is 1. The van der Waals surface area contributed by atoms with Gasteiger partial charge in [0.25, 0.3) is 5.91 Å². The summed E-state index contributed by atoms with van der Waals surface area (Å²) in [6, 6.07) is 20.8. The van der Waals surface area contributed by atoms with E-state index in [4.69, 9.17) is 5.11 Å². The summed E-state index contributed by atoms with van der Waals surface area (Å²) < 4.78 is 38.9. The fourth-order valence-corrected chi connectivity index (χ4v) is 3.02. The lowest BCUT2D eigenvalue weighted by molar-refractivity contribution is -0.137. The number of hydrogen-bond acceptors (Lipinski definition) is 3. The van der Waals surface area contributed by atoms with E-state index in [2.05, 4.69) is 4.99 Å². The summed E-state index contributed by atoms with van der Waals surface area (Å²) in [4.78, 5) is 18.8. The largest absolute Gasteiger partial charge is 0.416 e. The van der Waals surface area contributed by atoms with Crippen LogP contribution >= 0.6 is 0 Å². The first-order chi connectivity index (χ1) is 14.9. The molecule has 0 radical (unpaired) electrons. The van der Waals surface area contributed by atoms with Gasteiger partial charge in [0, 0.05) is 18.4 Å². The number of aliphatic hydroxyl groups is 1. The highest BCUT2D eigenvalue weighted by Gasteiger charge is 2.35. The van der Waals surface area contributed by atoms with Crippen molar-refractivity contribution in [1.29, 1.82) is 0 Å². The summed E-state index contributed by atoms with van der Waals surface area (Å²) in [7, 11) is 1.00. The van der Waals surface area contributed by atoms with E-state index in [-0.39, 0.29) is 17.3 Å². The van der Waals surface area contributed by atoms with Crippen LogP contribution in [0.1, 0.15) is 25.0 Å². The number of halogens is 3. The maximum atomic E-state index is 13.0. The first-order valence-corrected chi connectivity index (χ1v) is 9.65. The molecule has 3 aromatic carbocycles. The molecule has 0 unspecified atom stereocenters. The minimum atomic E-state index is -4.47. The Hall–Kier alpha value is -3.45. The van der Waals surface area contributed by atoms with Crippen molar-refractivity contribution < 1.29 is 23.1 Å². The van der Waals surface area contributed by atoms with Crippen molar-refractivity contribution in [3.05, 3.63) is 90.0 Å². The molecule has 31 heavy (non-hydrogen) atoms. The van der Waals surface area contributed by atoms with Gasteiger partial charge in [0.15, 0.2) is 0 Å². The number of aliphatic imine (C=N–C) groups is 1. The number of fused-ring (bicyclic) bond motifs is 1. The zero-order valence-electron chi connectivity index (χ0n) is 17.4. The Bertz CT molecular complexity index is 1050. The SMILES string of the molecule is CC.CO.O=C1C(=Nc2cccc(C(F)(F)F)c2)c2ccccc2N1c1ccccc1. The summed E-state index contributed by atoms with van der Waals surface area (Å²) >= 11 is 0. The smallest absolute Gasteiger partial charge is 0.400 e. The van der Waals surface area contributed by atoms with Gasteiger partial charge in [-0.25, -0.2) is 4.99 Å². The molecular weight excluding hydrogens is 405 g/mol. The van der Waals surface area contributed by atoms with Crippen molar-refractivity contribution in [3.8, 4) is 0 Å². The van der Waals surface area contributed by atoms with E-state index in [9.17, 15) is 18.0 Å². The minimum Gasteiger partial charge on any atom is -0.400 e. The summed E-state index contributed by atoms with van der Waals surface area (Å²) in [5.74, 6) is -0.375. The van der Waals surface area contributed by atoms with Crippen molar-refractivity contribution in [2.75, 3.05) is 12.0 Å². The number of aliphatic hydroxyl groups excluding tert-OH is 1. The van der Waals surface area contributed by atoms with E-state index in [0.717, 1.165) is 19.2 Å². The monoisotopic (exact) mass is 428 g/mol. The lowest BCUT2D eigenvalue weighted by Crippen LogP contribution is -2.25. The average Bonchev–Trinajstić information content (AvgIpc) is 3.08. The van der Waals surface area contributed by atoms with Crippen molar-refractivity contribution >= 4 is 28.7 Å². The highest BCUT2D eigenvalue weighted by molar-refractivity contribution is 6.56. The van der Waals surface area contributed by atoms with Crippen LogP contribution in [0.3, 0.4) is 0 Å². The second-order valence-electron chi connectivity index (χ2n) is 6.00. The predicted molar refractivity (Wildman–Crippen MR) is 117 cm³/mol. The van der Waals surface area contributed by atoms with Gasteiger partial charge in [-0.3, -0.25) is 9.69 Å². The number of alkyl halides is 3. The number of carbonyl (C=O) groups excluding carboxylic acids is 1. The van der Waals surface area contributed by atoms with E-state index >= 15 is 0 Å². The minimum absolute atomic E-state index is 0.0814. The lowest BCUT2D eigenvalue weighted by atomic mass is 10.1. The first-order valence-electron chi connectivity index (χ1n) is 9.65. The van der Waals surface area contributed by atoms with E-state index in [1.54, 1.807) is 36.4 Å². The molecule has 3 aromatic rings. The van der Waals surface area contributed by atoms with Gasteiger partial charge in [-0.2, -0.15) is 13.2 Å². The number of nitrogens with zero attached hydrogens (tertiary/aromatic N) is 2. The highest BCUT2D eigenvalue weighted by atomic mass is 19.4. The second-order valence-corrected chi connectivity index (χ2v) is 6.00. The van der Waals surface area contributed by atoms with Crippen LogP contribution in [0.5, 0.6) is 0 Å². The van der Waals surface area contributed by atoms with Gasteiger partial charge < -0.3 is 5.11 Å². The Morgan fingerprint density at radius 1 is 0.839 bits per heavy atom. The maximum absolute atomic E-state index is 13.0. The summed E-state index contributed by atoms with van der Waals surface area (Å²) in [5, 5.41) is 7.00. The van der Waals surface area contributed by atoms with E-state index in [0.29, 0.717) is 16.9 Å². The molecule has 162 valence electrons. The molecule has 0 aliphatic carbocycles. The normalized spacial score (nSPS) is 13.7. The topological polar surface area (TPSA) is 52.9 Å². The molecule has 1 aliphatic rings. The van der Waals surface area contributed by atoms with Crippen molar-refractivity contribution in [2.45, 2.75) is 20.0 Å². The number of anilines is 2. The molecule has 1 heterocycles. The van der Waals surface area contributed by atoms with Gasteiger partial charge in [0.05, 0.1) is 16.9 Å². The summed E-state index contributed by atoms with van der Waals surface area (Å²) in [6.07, 6.45) is -4.47. The molecule has 1 aliphatic heterocycles. The molecule has 1 N–H and O–H groups in total. The Morgan fingerprint density at radius 2 is 1.45 bits per heavy atom. The fraction of sp³-hybridized carbons (Fsp3) is 0.167. The standard InChI is InChI=1S/C21H13F3N2O.C2H6.CH4O/c22-21(23,24)14-7-6-8-15(13-14)25-19-17-11-4-5-12-18(17)26(20(19)27)16-9-2-1-3-10-16;2*1-2/h1-13H;1-2H3;2H,1H3. The van der Waals surface area contributed by atoms with Crippen LogP contribution < -0.4 is 4.90 Å². The van der Waals surface area contributed by atoms with Crippen LogP contribution in [-0.2, 0) is 11.0 Å². The van der Waals surface area contributed by atoms with Crippen LogP contribution in [0.4, 0.5) is 30.2 Å². The number of carbonyl (C=O) groups is 1. The quantitative estimate of drug-likeness (QED) is 0.533. The van der Waals surface area contributed by atoms with E-state index in [1.807, 2.05) is 32.0 Å². The molecule has 0 bridgehead atoms. The van der Waals surface area contributed by atoms with Crippen LogP contribution in [0.25, 0.3) is 0 Å². The van der Waals surface area contributed by atoms with Crippen LogP contribution in [0.2, 0.25) is 0 Å². The second kappa shape index (κ2) is 10.5. The van der Waals surface area contributed by atoms with Gasteiger partial charge in [-0.05, 0) is 36.4 Å². The van der Waals surface area contributed by atoms with Gasteiger partial charge in [0.1, 0.15) is 5.71 Å². The average molecular weight is 428 g/mol. The van der Waals surface area contributed by atoms with Gasteiger partial charge in [0.2, 0.25) is 0 Å². The number of para-hydroxylation sites is 2. The van der Waals surface area contributed by atoms with E-state index < -0.39 is 11.7 Å². The van der Waals surface area contributed by atoms with Crippen molar-refractivity contribution in [2.24, 2.45) is 4.99 Å². The third kappa shape index (κ3) is 5.19. The van der Waals surface area contributed by atoms with Crippen molar-refractivity contribution in [3.63, 3.8) is 0 Å². The van der Waals surface area contributed by atoms with Crippen molar-refractivity contribution in [1.82, 2.24) is 0 Å². The molecule has 7 heteroatoms. The zero-order valence-corrected chi connectivity index (χ0v) is 17.4. The molecule has 4 nitrogen and oxygen atoms in total. The number of amides is 1. The summed E-state index contributed by atoms with van der Waals surface area (Å²) in [5.41, 5.74) is 1.31. The molecular formula is C24H23F3N2O2. The molecule has 0 saturated heterocycles. The van der Waals surface area contributed by atoms with Crippen LogP contribution in [0, 0.1) is 0 Å². The Morgan fingerprint density at radius 3 is 2.10 bits per heavy atom. The van der Waals surface area contributed by atoms with Gasteiger partial charge in [-0.15, -0.1) is 0 Å². The molecule has 0 fully saturated rings. The predicted octanol–water partition coefficient (Wildman–Crippen LogP) is 6.14. The van der Waals surface area contributed by atoms with Crippen LogP contribution in [-0.4, -0.2) is 23.8 Å². The van der Waals surface area contributed by atoms with E-state index in [1.165, 1.54) is 17.0 Å². The molecule has 0 atom stereocenters. The molecule has 0 saturated carbocycles. The Labute approximate surface area is 179 Å². The molecule has 0 spiro atoms. The summed E-state index contributed by atoms with van der Waals surface area (Å²) in [6.45, 7) is 4.00. The Kier molecular flexibility index (Phi) is 8.10. The third-order valence-electron chi connectivity index (χ3n) is 4.23. The third-order valence-corrected chi connectivity index (χ3v) is 4.23. The Balaban J connectivity index is 0.000000807. The van der Waals surface area contributed by atoms with Crippen LogP contribution in [0.15, 0.2) is 83.9 Å². The number of rotatable bonds is 2. The maximum Gasteiger partial charge on any atom is 0.416 e. The number of benzene rings is 3. The lowest BCUT2D eigenvalue weighted by Gasteiger charge is -2.16. The van der Waals surface area contributed by atoms with Gasteiger partial charge in [-0.1, -0.05) is 56.3 Å². The molecule has 4 rings (SSSR count). The molecule has 1 amide bonds. The zero-order chi connectivity index (χ0) is 23.0. The fourth-order valence-electron chi connectivity index (χ4n) is 3.02. The highest BCUT2D eigenvalue weighted by Crippen LogP contribution is 2.37. The molecule has 0 aromatic heterocycles.